The van der Waals surface area contributed by atoms with E-state index < -0.39 is 13.8 Å². The highest BCUT2D eigenvalue weighted by Crippen LogP contribution is 2.37. The van der Waals surface area contributed by atoms with Gasteiger partial charge in [-0.25, -0.2) is 6.07 Å². The van der Waals surface area contributed by atoms with Gasteiger partial charge in [-0.1, -0.05) is 30.3 Å². The lowest BCUT2D eigenvalue weighted by molar-refractivity contribution is 0.458. The number of rotatable bonds is 5. The summed E-state index contributed by atoms with van der Waals surface area (Å²) < 4.78 is 11.5. The molecule has 0 radical (unpaired) electrons. The van der Waals surface area contributed by atoms with Crippen LogP contribution in [-0.2, 0) is 4.57 Å². The second kappa shape index (κ2) is 5.96. The molecule has 0 amide bonds. The first-order valence-corrected chi connectivity index (χ1v) is 7.14. The molecule has 0 spiro atoms. The zero-order valence-electron chi connectivity index (χ0n) is 10.2. The van der Waals surface area contributed by atoms with Crippen molar-refractivity contribution in [3.05, 3.63) is 65.7 Å². The van der Waals surface area contributed by atoms with Gasteiger partial charge in [-0.15, -0.1) is 5.56 Å². The number of nitrogens with one attached hydrogen (secondary N) is 1. The quantitative estimate of drug-likeness (QED) is 0.639. The third kappa shape index (κ3) is 3.08. The van der Waals surface area contributed by atoms with Gasteiger partial charge in [-0.05, 0) is 17.1 Å². The SMILES string of the molecule is C[C@@H](NC(c1cc[cH-]c1)[P+](=O)O)c1ccccc1. The molecule has 0 saturated heterocycles. The maximum absolute atomic E-state index is 11.5. The summed E-state index contributed by atoms with van der Waals surface area (Å²) in [6.45, 7) is 1.99. The molecule has 2 rings (SSSR count). The maximum atomic E-state index is 11.5. The Morgan fingerprint density at radius 2 is 1.94 bits per heavy atom. The molecule has 0 heterocycles. The van der Waals surface area contributed by atoms with Crippen LogP contribution in [0.3, 0.4) is 0 Å². The summed E-state index contributed by atoms with van der Waals surface area (Å²) in [6, 6.07) is 17.4. The fraction of sp³-hybridized carbons (Fsp3) is 0.214. The van der Waals surface area contributed by atoms with Crippen molar-refractivity contribution >= 4 is 8.03 Å². The van der Waals surface area contributed by atoms with Gasteiger partial charge in [0, 0.05) is 6.04 Å². The van der Waals surface area contributed by atoms with Crippen LogP contribution in [0.4, 0.5) is 0 Å². The van der Waals surface area contributed by atoms with Crippen LogP contribution in [0, 0.1) is 0 Å². The molecule has 0 aliphatic heterocycles. The molecule has 3 atom stereocenters. The zero-order valence-corrected chi connectivity index (χ0v) is 11.0. The molecule has 2 unspecified atom stereocenters. The predicted molar refractivity (Wildman–Crippen MR) is 72.6 cm³/mol. The molecule has 94 valence electrons. The Morgan fingerprint density at radius 3 is 2.50 bits per heavy atom. The van der Waals surface area contributed by atoms with Crippen LogP contribution in [0.2, 0.25) is 0 Å². The summed E-state index contributed by atoms with van der Waals surface area (Å²) >= 11 is 0. The summed E-state index contributed by atoms with van der Waals surface area (Å²) in [5.41, 5.74) is 1.95. The number of hydrogen-bond donors (Lipinski definition) is 2. The summed E-state index contributed by atoms with van der Waals surface area (Å²) in [5, 5.41) is 3.20. The van der Waals surface area contributed by atoms with E-state index in [1.165, 1.54) is 0 Å². The molecule has 0 bridgehead atoms. The molecule has 0 aliphatic carbocycles. The lowest BCUT2D eigenvalue weighted by Gasteiger charge is -2.18. The molecule has 2 aromatic carbocycles. The van der Waals surface area contributed by atoms with Crippen molar-refractivity contribution in [3.63, 3.8) is 0 Å². The fourth-order valence-corrected chi connectivity index (χ4v) is 2.71. The van der Waals surface area contributed by atoms with Crippen molar-refractivity contribution in [2.45, 2.75) is 18.7 Å². The summed E-state index contributed by atoms with van der Waals surface area (Å²) in [4.78, 5) is 9.43. The highest BCUT2D eigenvalue weighted by molar-refractivity contribution is 7.38. The topological polar surface area (TPSA) is 49.3 Å². The van der Waals surface area contributed by atoms with Gasteiger partial charge in [0.05, 0.1) is 0 Å². The van der Waals surface area contributed by atoms with E-state index in [2.05, 4.69) is 5.32 Å². The molecular weight excluding hydrogens is 245 g/mol. The van der Waals surface area contributed by atoms with E-state index in [0.29, 0.717) is 0 Å². The van der Waals surface area contributed by atoms with Crippen LogP contribution in [0.1, 0.15) is 29.9 Å². The zero-order chi connectivity index (χ0) is 13.0. The molecule has 0 aliphatic rings. The van der Waals surface area contributed by atoms with Gasteiger partial charge in [0.25, 0.3) is 0 Å². The van der Waals surface area contributed by atoms with Gasteiger partial charge in [0.2, 0.25) is 5.78 Å². The van der Waals surface area contributed by atoms with Gasteiger partial charge in [0.15, 0.2) is 0 Å². The lowest BCUT2D eigenvalue weighted by atomic mass is 10.1. The molecule has 0 saturated carbocycles. The van der Waals surface area contributed by atoms with Crippen LogP contribution in [0.5, 0.6) is 0 Å². The number of hydrogen-bond acceptors (Lipinski definition) is 2. The van der Waals surface area contributed by atoms with Crippen LogP contribution < -0.4 is 5.32 Å². The first-order chi connectivity index (χ1) is 8.68. The normalized spacial score (nSPS) is 15.1. The minimum absolute atomic E-state index is 0.0252. The number of benzene rings is 1. The van der Waals surface area contributed by atoms with Crippen molar-refractivity contribution in [3.8, 4) is 0 Å². The van der Waals surface area contributed by atoms with E-state index >= 15 is 0 Å². The Labute approximate surface area is 108 Å². The van der Waals surface area contributed by atoms with Crippen LogP contribution in [0.15, 0.2) is 54.6 Å². The molecule has 0 aromatic heterocycles. The second-order valence-electron chi connectivity index (χ2n) is 4.22. The Bertz CT molecular complexity index is 496. The molecule has 4 heteroatoms. The van der Waals surface area contributed by atoms with E-state index in [4.69, 9.17) is 0 Å². The van der Waals surface area contributed by atoms with E-state index in [0.717, 1.165) is 11.1 Å². The maximum Gasteiger partial charge on any atom is 0.515 e. The first-order valence-electron chi connectivity index (χ1n) is 5.86. The Balaban J connectivity index is 2.13. The van der Waals surface area contributed by atoms with E-state index in [1.54, 1.807) is 0 Å². The van der Waals surface area contributed by atoms with Gasteiger partial charge in [-0.2, -0.15) is 23.1 Å². The average Bonchev–Trinajstić information content (AvgIpc) is 2.90. The highest BCUT2D eigenvalue weighted by Gasteiger charge is 2.27. The van der Waals surface area contributed by atoms with Crippen LogP contribution >= 0.6 is 8.03 Å². The predicted octanol–water partition coefficient (Wildman–Crippen LogP) is 3.49. The summed E-state index contributed by atoms with van der Waals surface area (Å²) in [5.74, 6) is -0.523. The largest absolute Gasteiger partial charge is 0.515 e. The molecule has 2 N–H and O–H groups in total. The standard InChI is InChI=1S/C14H16NO2P/c1-11(12-7-3-2-4-8-12)15-14(18(16)17)13-9-5-6-10-13/h2-11,14-15H,1H3,(H,16,17)/t11-,14?/m1/s1. The van der Waals surface area contributed by atoms with E-state index in [-0.39, 0.29) is 6.04 Å². The smallest absolute Gasteiger partial charge is 0.271 e. The molecule has 3 nitrogen and oxygen atoms in total. The second-order valence-corrected chi connectivity index (χ2v) is 5.34. The first kappa shape index (κ1) is 13.0. The summed E-state index contributed by atoms with van der Waals surface area (Å²) in [6.07, 6.45) is 0. The van der Waals surface area contributed by atoms with E-state index in [1.807, 2.05) is 61.5 Å². The van der Waals surface area contributed by atoms with Crippen molar-refractivity contribution in [1.29, 1.82) is 0 Å². The van der Waals surface area contributed by atoms with E-state index in [9.17, 15) is 9.46 Å². The molecule has 2 aromatic rings. The monoisotopic (exact) mass is 261 g/mol. The van der Waals surface area contributed by atoms with Crippen molar-refractivity contribution in [2.24, 2.45) is 0 Å². The highest BCUT2D eigenvalue weighted by atomic mass is 31.1. The minimum atomic E-state index is -2.30. The summed E-state index contributed by atoms with van der Waals surface area (Å²) in [7, 11) is -2.30. The Hall–Kier alpha value is -1.41. The Morgan fingerprint density at radius 1 is 1.22 bits per heavy atom. The lowest BCUT2D eigenvalue weighted by Crippen LogP contribution is -2.22. The van der Waals surface area contributed by atoms with Gasteiger partial charge in [-0.3, -0.25) is 5.32 Å². The average molecular weight is 261 g/mol. The van der Waals surface area contributed by atoms with Gasteiger partial charge in [0.1, 0.15) is 0 Å². The molecule has 0 fully saturated rings. The third-order valence-electron chi connectivity index (χ3n) is 2.93. The van der Waals surface area contributed by atoms with Crippen LogP contribution in [0.25, 0.3) is 0 Å². The van der Waals surface area contributed by atoms with Crippen molar-refractivity contribution in [2.75, 3.05) is 0 Å². The molecular formula is C14H16NO2P. The molecule has 18 heavy (non-hydrogen) atoms. The van der Waals surface area contributed by atoms with Crippen molar-refractivity contribution < 1.29 is 9.46 Å². The van der Waals surface area contributed by atoms with Gasteiger partial charge < -0.3 is 0 Å². The Kier molecular flexibility index (Phi) is 4.32. The third-order valence-corrected chi connectivity index (χ3v) is 3.82. The van der Waals surface area contributed by atoms with Crippen LogP contribution in [-0.4, -0.2) is 4.89 Å². The minimum Gasteiger partial charge on any atom is -0.271 e. The van der Waals surface area contributed by atoms with Gasteiger partial charge >= 0.3 is 8.03 Å². The fourth-order valence-electron chi connectivity index (χ4n) is 1.93. The van der Waals surface area contributed by atoms with Crippen molar-refractivity contribution in [1.82, 2.24) is 5.32 Å².